The van der Waals surface area contributed by atoms with Crippen molar-refractivity contribution < 1.29 is 0 Å². The Balaban J connectivity index is 2.67. The van der Waals surface area contributed by atoms with Crippen molar-refractivity contribution in [3.8, 4) is 0 Å². The lowest BCUT2D eigenvalue weighted by Crippen LogP contribution is -2.17. The Labute approximate surface area is 69.0 Å². The standard InChI is InChI=1S/C10H17N/c1-3-4-5-9-8(2)6-7-10(9)11/h4-5,10H,3,6-7,11H2,1-2H3/b5-4-. The van der Waals surface area contributed by atoms with Crippen molar-refractivity contribution in [1.29, 1.82) is 0 Å². The van der Waals surface area contributed by atoms with Crippen molar-refractivity contribution in [3.05, 3.63) is 23.3 Å². The average Bonchev–Trinajstić information content (AvgIpc) is 2.29. The Morgan fingerprint density at radius 3 is 2.82 bits per heavy atom. The zero-order valence-corrected chi connectivity index (χ0v) is 7.43. The summed E-state index contributed by atoms with van der Waals surface area (Å²) in [4.78, 5) is 0. The number of allylic oxidation sites excluding steroid dienone is 2. The van der Waals surface area contributed by atoms with Crippen molar-refractivity contribution in [2.75, 3.05) is 0 Å². The highest BCUT2D eigenvalue weighted by atomic mass is 14.6. The molecule has 0 aliphatic heterocycles. The zero-order chi connectivity index (χ0) is 8.27. The van der Waals surface area contributed by atoms with Gasteiger partial charge >= 0.3 is 0 Å². The lowest BCUT2D eigenvalue weighted by Gasteiger charge is -2.03. The maximum absolute atomic E-state index is 5.90. The van der Waals surface area contributed by atoms with Crippen molar-refractivity contribution in [2.45, 2.75) is 39.2 Å². The maximum Gasteiger partial charge on any atom is 0.0297 e. The predicted molar refractivity (Wildman–Crippen MR) is 49.3 cm³/mol. The summed E-state index contributed by atoms with van der Waals surface area (Å²) in [5.74, 6) is 0. The lowest BCUT2D eigenvalue weighted by atomic mass is 10.1. The average molecular weight is 151 g/mol. The molecule has 1 heteroatoms. The Hall–Kier alpha value is -0.560. The van der Waals surface area contributed by atoms with Gasteiger partial charge in [-0.1, -0.05) is 24.6 Å². The van der Waals surface area contributed by atoms with E-state index in [-0.39, 0.29) is 0 Å². The van der Waals surface area contributed by atoms with Crippen molar-refractivity contribution >= 4 is 0 Å². The summed E-state index contributed by atoms with van der Waals surface area (Å²) in [6.07, 6.45) is 7.79. The van der Waals surface area contributed by atoms with E-state index in [0.717, 1.165) is 12.8 Å². The molecule has 0 radical (unpaired) electrons. The quantitative estimate of drug-likeness (QED) is 0.644. The second-order valence-corrected chi connectivity index (χ2v) is 3.19. The molecular weight excluding hydrogens is 134 g/mol. The molecule has 1 rings (SSSR count). The van der Waals surface area contributed by atoms with Gasteiger partial charge in [0.1, 0.15) is 0 Å². The molecule has 0 aromatic carbocycles. The highest BCUT2D eigenvalue weighted by molar-refractivity contribution is 5.33. The molecule has 0 bridgehead atoms. The number of hydrogen-bond acceptors (Lipinski definition) is 1. The van der Waals surface area contributed by atoms with Crippen LogP contribution >= 0.6 is 0 Å². The SMILES string of the molecule is CC/C=C\C1=C(C)CCC1N. The number of rotatable bonds is 2. The molecule has 1 atom stereocenters. The van der Waals surface area contributed by atoms with Crippen molar-refractivity contribution in [3.63, 3.8) is 0 Å². The second kappa shape index (κ2) is 3.72. The first kappa shape index (κ1) is 8.54. The Kier molecular flexibility index (Phi) is 2.89. The molecule has 0 aromatic heterocycles. The first-order chi connectivity index (χ1) is 5.25. The molecule has 0 aromatic rings. The molecule has 0 amide bonds. The maximum atomic E-state index is 5.90. The van der Waals surface area contributed by atoms with E-state index in [4.69, 9.17) is 5.73 Å². The van der Waals surface area contributed by atoms with Crippen LogP contribution in [-0.4, -0.2) is 6.04 Å². The van der Waals surface area contributed by atoms with Crippen molar-refractivity contribution in [2.24, 2.45) is 5.73 Å². The van der Waals surface area contributed by atoms with Gasteiger partial charge in [-0.3, -0.25) is 0 Å². The summed E-state index contributed by atoms with van der Waals surface area (Å²) in [6, 6.07) is 0.304. The lowest BCUT2D eigenvalue weighted by molar-refractivity contribution is 0.758. The number of nitrogens with two attached hydrogens (primary N) is 1. The van der Waals surface area contributed by atoms with E-state index in [0.29, 0.717) is 6.04 Å². The van der Waals surface area contributed by atoms with Crippen LogP contribution in [0.2, 0.25) is 0 Å². The minimum atomic E-state index is 0.304. The van der Waals surface area contributed by atoms with Crippen molar-refractivity contribution in [1.82, 2.24) is 0 Å². The molecular formula is C10H17N. The van der Waals surface area contributed by atoms with Crippen LogP contribution in [-0.2, 0) is 0 Å². The molecule has 2 N–H and O–H groups in total. The van der Waals surface area contributed by atoms with Gasteiger partial charge in [-0.05, 0) is 31.8 Å². The molecule has 1 nitrogen and oxygen atoms in total. The molecule has 1 aliphatic carbocycles. The van der Waals surface area contributed by atoms with Gasteiger partial charge in [0.2, 0.25) is 0 Å². The fraction of sp³-hybridized carbons (Fsp3) is 0.600. The minimum Gasteiger partial charge on any atom is -0.324 e. The molecule has 0 heterocycles. The smallest absolute Gasteiger partial charge is 0.0297 e. The fourth-order valence-corrected chi connectivity index (χ4v) is 1.50. The van der Waals surface area contributed by atoms with Gasteiger partial charge in [-0.25, -0.2) is 0 Å². The van der Waals surface area contributed by atoms with Crippen LogP contribution in [0.3, 0.4) is 0 Å². The highest BCUT2D eigenvalue weighted by Crippen LogP contribution is 2.25. The summed E-state index contributed by atoms with van der Waals surface area (Å²) in [7, 11) is 0. The molecule has 0 saturated carbocycles. The third-order valence-electron chi connectivity index (χ3n) is 2.26. The van der Waals surface area contributed by atoms with Gasteiger partial charge in [-0.2, -0.15) is 0 Å². The van der Waals surface area contributed by atoms with E-state index < -0.39 is 0 Å². The third kappa shape index (κ3) is 1.93. The summed E-state index contributed by atoms with van der Waals surface area (Å²) in [5, 5.41) is 0. The van der Waals surface area contributed by atoms with Crippen LogP contribution in [0.5, 0.6) is 0 Å². The van der Waals surface area contributed by atoms with E-state index >= 15 is 0 Å². The summed E-state index contributed by atoms with van der Waals surface area (Å²) < 4.78 is 0. The highest BCUT2D eigenvalue weighted by Gasteiger charge is 2.16. The first-order valence-corrected chi connectivity index (χ1v) is 4.37. The molecule has 62 valence electrons. The Bertz CT molecular complexity index is 189. The molecule has 1 aliphatic rings. The predicted octanol–water partition coefficient (Wildman–Crippen LogP) is 2.39. The Morgan fingerprint density at radius 1 is 1.64 bits per heavy atom. The van der Waals surface area contributed by atoms with Crippen LogP contribution in [0.4, 0.5) is 0 Å². The Morgan fingerprint density at radius 2 is 2.36 bits per heavy atom. The van der Waals surface area contributed by atoms with Crippen LogP contribution in [0, 0.1) is 0 Å². The van der Waals surface area contributed by atoms with Gasteiger partial charge in [0, 0.05) is 6.04 Å². The van der Waals surface area contributed by atoms with E-state index in [1.54, 1.807) is 0 Å². The van der Waals surface area contributed by atoms with Crippen LogP contribution in [0.15, 0.2) is 23.3 Å². The monoisotopic (exact) mass is 151 g/mol. The molecule has 1 unspecified atom stereocenters. The third-order valence-corrected chi connectivity index (χ3v) is 2.26. The molecule has 0 spiro atoms. The van der Waals surface area contributed by atoms with Crippen LogP contribution in [0.25, 0.3) is 0 Å². The van der Waals surface area contributed by atoms with Gasteiger partial charge in [0.05, 0.1) is 0 Å². The second-order valence-electron chi connectivity index (χ2n) is 3.19. The summed E-state index contributed by atoms with van der Waals surface area (Å²) in [5.41, 5.74) is 8.74. The van der Waals surface area contributed by atoms with Gasteiger partial charge in [-0.15, -0.1) is 0 Å². The minimum absolute atomic E-state index is 0.304. The van der Waals surface area contributed by atoms with E-state index in [1.807, 2.05) is 0 Å². The van der Waals surface area contributed by atoms with E-state index in [9.17, 15) is 0 Å². The largest absolute Gasteiger partial charge is 0.324 e. The molecule has 11 heavy (non-hydrogen) atoms. The summed E-state index contributed by atoms with van der Waals surface area (Å²) >= 11 is 0. The zero-order valence-electron chi connectivity index (χ0n) is 7.43. The molecule has 0 saturated heterocycles. The summed E-state index contributed by atoms with van der Waals surface area (Å²) in [6.45, 7) is 4.33. The van der Waals surface area contributed by atoms with E-state index in [1.165, 1.54) is 17.6 Å². The van der Waals surface area contributed by atoms with Gasteiger partial charge in [0.25, 0.3) is 0 Å². The topological polar surface area (TPSA) is 26.0 Å². The molecule has 0 fully saturated rings. The van der Waals surface area contributed by atoms with Crippen LogP contribution in [0.1, 0.15) is 33.1 Å². The van der Waals surface area contributed by atoms with E-state index in [2.05, 4.69) is 26.0 Å². The van der Waals surface area contributed by atoms with Gasteiger partial charge in [0.15, 0.2) is 0 Å². The number of hydrogen-bond donors (Lipinski definition) is 1. The fourth-order valence-electron chi connectivity index (χ4n) is 1.50. The normalized spacial score (nSPS) is 25.5. The van der Waals surface area contributed by atoms with Crippen LogP contribution < -0.4 is 5.73 Å². The van der Waals surface area contributed by atoms with Gasteiger partial charge < -0.3 is 5.73 Å². The first-order valence-electron chi connectivity index (χ1n) is 4.37.